The van der Waals surface area contributed by atoms with Crippen LogP contribution in [0.4, 0.5) is 0 Å². The van der Waals surface area contributed by atoms with Crippen LogP contribution in [0.1, 0.15) is 6.92 Å². The molecule has 0 aliphatic carbocycles. The Morgan fingerprint density at radius 3 is 2.25 bits per heavy atom. The number of hydrogen-bond donors (Lipinski definition) is 0. The highest BCUT2D eigenvalue weighted by atomic mass is 16.1. The molecule has 0 aromatic carbocycles. The third-order valence-corrected chi connectivity index (χ3v) is 1.64. The van der Waals surface area contributed by atoms with E-state index in [1.165, 1.54) is 0 Å². The molecule has 0 amide bonds. The van der Waals surface area contributed by atoms with Crippen LogP contribution >= 0.6 is 0 Å². The van der Waals surface area contributed by atoms with Gasteiger partial charge in [0.15, 0.2) is 0 Å². The molecule has 1 aliphatic heterocycles. The number of rotatable bonds is 1. The molecular weight excluding hydrogens is 102 g/mol. The zero-order chi connectivity index (χ0) is 6.15. The fourth-order valence-corrected chi connectivity index (χ4v) is 0.956. The van der Waals surface area contributed by atoms with E-state index in [9.17, 15) is 4.79 Å². The average Bonchev–Trinajstić information content (AvgIpc) is 1.57. The average molecular weight is 113 g/mol. The first-order valence-corrected chi connectivity index (χ1v) is 2.89. The smallest absolute Gasteiger partial charge is 0.135 e. The van der Waals surface area contributed by atoms with Crippen LogP contribution in [0.3, 0.4) is 0 Å². The predicted octanol–water partition coefficient (Wildman–Crippen LogP) is 0.137. The van der Waals surface area contributed by atoms with Gasteiger partial charge in [-0.15, -0.1) is 0 Å². The van der Waals surface area contributed by atoms with Gasteiger partial charge in [0.05, 0.1) is 0 Å². The van der Waals surface area contributed by atoms with Crippen molar-refractivity contribution in [2.45, 2.75) is 6.92 Å². The molecule has 0 bridgehead atoms. The van der Waals surface area contributed by atoms with Crippen LogP contribution in [0.2, 0.25) is 0 Å². The van der Waals surface area contributed by atoms with Gasteiger partial charge in [0.2, 0.25) is 0 Å². The predicted molar refractivity (Wildman–Crippen MR) is 31.7 cm³/mol. The number of ketones is 1. The first kappa shape index (κ1) is 5.76. The van der Waals surface area contributed by atoms with Gasteiger partial charge >= 0.3 is 0 Å². The summed E-state index contributed by atoms with van der Waals surface area (Å²) in [6.07, 6.45) is 0. The number of hydrogen-bond acceptors (Lipinski definition) is 2. The van der Waals surface area contributed by atoms with Gasteiger partial charge in [0.1, 0.15) is 5.78 Å². The van der Waals surface area contributed by atoms with E-state index >= 15 is 0 Å². The van der Waals surface area contributed by atoms with Crippen molar-refractivity contribution < 1.29 is 4.79 Å². The zero-order valence-electron chi connectivity index (χ0n) is 5.35. The van der Waals surface area contributed by atoms with Crippen LogP contribution in [-0.4, -0.2) is 30.8 Å². The lowest BCUT2D eigenvalue weighted by Crippen LogP contribution is -2.46. The molecule has 1 fully saturated rings. The minimum Gasteiger partial charge on any atom is -0.305 e. The molecule has 0 N–H and O–H groups in total. The van der Waals surface area contributed by atoms with Gasteiger partial charge < -0.3 is 4.90 Å². The molecule has 1 aliphatic rings. The van der Waals surface area contributed by atoms with Gasteiger partial charge in [0, 0.05) is 19.0 Å². The Balaban J connectivity index is 2.25. The van der Waals surface area contributed by atoms with Crippen molar-refractivity contribution in [1.82, 2.24) is 4.90 Å². The van der Waals surface area contributed by atoms with Gasteiger partial charge in [-0.25, -0.2) is 0 Å². The summed E-state index contributed by atoms with van der Waals surface area (Å²) in [6, 6.07) is 0. The highest BCUT2D eigenvalue weighted by Gasteiger charge is 2.26. The molecule has 46 valence electrons. The number of nitrogens with zero attached hydrogens (tertiary/aromatic N) is 1. The molecular formula is C6H11NO. The van der Waals surface area contributed by atoms with E-state index in [-0.39, 0.29) is 0 Å². The van der Waals surface area contributed by atoms with E-state index in [4.69, 9.17) is 0 Å². The normalized spacial score (nSPS) is 22.8. The molecule has 0 unspecified atom stereocenters. The lowest BCUT2D eigenvalue weighted by molar-refractivity contribution is -0.125. The Kier molecular flexibility index (Phi) is 1.34. The minimum atomic E-state index is 0.336. The fourth-order valence-electron chi connectivity index (χ4n) is 0.956. The van der Waals surface area contributed by atoms with Crippen LogP contribution in [0.25, 0.3) is 0 Å². The summed E-state index contributed by atoms with van der Waals surface area (Å²) in [4.78, 5) is 12.7. The Labute approximate surface area is 49.5 Å². The Morgan fingerprint density at radius 2 is 2.12 bits per heavy atom. The zero-order valence-corrected chi connectivity index (χ0v) is 5.35. The van der Waals surface area contributed by atoms with Gasteiger partial charge in [-0.1, -0.05) is 0 Å². The van der Waals surface area contributed by atoms with Gasteiger partial charge in [0.25, 0.3) is 0 Å². The highest BCUT2D eigenvalue weighted by Crippen LogP contribution is 2.12. The second kappa shape index (κ2) is 1.86. The lowest BCUT2D eigenvalue weighted by atomic mass is 9.97. The Hall–Kier alpha value is -0.370. The van der Waals surface area contributed by atoms with Crippen LogP contribution in [-0.2, 0) is 4.79 Å². The van der Waals surface area contributed by atoms with Crippen molar-refractivity contribution in [2.75, 3.05) is 20.1 Å². The van der Waals surface area contributed by atoms with Crippen molar-refractivity contribution in [3.8, 4) is 0 Å². The molecule has 0 spiro atoms. The minimum absolute atomic E-state index is 0.336. The second-order valence-electron chi connectivity index (χ2n) is 2.53. The Bertz CT molecular complexity index is 105. The quantitative estimate of drug-likeness (QED) is 0.482. The molecule has 0 aromatic rings. The lowest BCUT2D eigenvalue weighted by Gasteiger charge is -2.34. The number of carbonyl (C=O) groups is 1. The third kappa shape index (κ3) is 0.892. The van der Waals surface area contributed by atoms with Crippen molar-refractivity contribution in [1.29, 1.82) is 0 Å². The summed E-state index contributed by atoms with van der Waals surface area (Å²) >= 11 is 0. The summed E-state index contributed by atoms with van der Waals surface area (Å²) in [7, 11) is 2.03. The van der Waals surface area contributed by atoms with Crippen LogP contribution in [0, 0.1) is 5.92 Å². The first-order valence-electron chi connectivity index (χ1n) is 2.89. The van der Waals surface area contributed by atoms with E-state index < -0.39 is 0 Å². The maximum Gasteiger partial charge on any atom is 0.135 e. The molecule has 1 heterocycles. The number of Topliss-reactive ketones (excluding diaryl/α,β-unsaturated/α-hetero) is 1. The molecule has 1 rings (SSSR count). The molecule has 2 nitrogen and oxygen atoms in total. The molecule has 2 heteroatoms. The summed E-state index contributed by atoms with van der Waals surface area (Å²) in [5, 5.41) is 0. The largest absolute Gasteiger partial charge is 0.305 e. The van der Waals surface area contributed by atoms with Crippen molar-refractivity contribution in [3.63, 3.8) is 0 Å². The van der Waals surface area contributed by atoms with Crippen LogP contribution in [0.5, 0.6) is 0 Å². The summed E-state index contributed by atoms with van der Waals surface area (Å²) in [5.74, 6) is 0.683. The van der Waals surface area contributed by atoms with Crippen molar-refractivity contribution in [2.24, 2.45) is 5.92 Å². The van der Waals surface area contributed by atoms with Crippen LogP contribution < -0.4 is 0 Å². The molecule has 0 atom stereocenters. The SMILES string of the molecule is CC(=O)C1CN(C)C1. The van der Waals surface area contributed by atoms with E-state index in [0.29, 0.717) is 11.7 Å². The van der Waals surface area contributed by atoms with Gasteiger partial charge in [-0.3, -0.25) is 4.79 Å². The van der Waals surface area contributed by atoms with E-state index in [1.54, 1.807) is 6.92 Å². The highest BCUT2D eigenvalue weighted by molar-refractivity contribution is 5.79. The molecule has 1 saturated heterocycles. The van der Waals surface area contributed by atoms with E-state index in [2.05, 4.69) is 4.90 Å². The van der Waals surface area contributed by atoms with E-state index in [1.807, 2.05) is 7.05 Å². The van der Waals surface area contributed by atoms with Crippen LogP contribution in [0.15, 0.2) is 0 Å². The molecule has 0 radical (unpaired) electrons. The standard InChI is InChI=1S/C6H11NO/c1-5(8)6-3-7(2)4-6/h6H,3-4H2,1-2H3. The van der Waals surface area contributed by atoms with Crippen molar-refractivity contribution >= 4 is 5.78 Å². The monoisotopic (exact) mass is 113 g/mol. The summed E-state index contributed by atoms with van der Waals surface area (Å²) in [5.41, 5.74) is 0. The summed E-state index contributed by atoms with van der Waals surface area (Å²) in [6.45, 7) is 3.60. The first-order chi connectivity index (χ1) is 3.70. The number of likely N-dealkylation sites (tertiary alicyclic amines) is 1. The van der Waals surface area contributed by atoms with Crippen molar-refractivity contribution in [3.05, 3.63) is 0 Å². The second-order valence-corrected chi connectivity index (χ2v) is 2.53. The third-order valence-electron chi connectivity index (χ3n) is 1.64. The summed E-state index contributed by atoms with van der Waals surface area (Å²) < 4.78 is 0. The fraction of sp³-hybridized carbons (Fsp3) is 0.833. The topological polar surface area (TPSA) is 20.3 Å². The van der Waals surface area contributed by atoms with E-state index in [0.717, 1.165) is 13.1 Å². The Morgan fingerprint density at radius 1 is 1.62 bits per heavy atom. The maximum atomic E-state index is 10.5. The van der Waals surface area contributed by atoms with Gasteiger partial charge in [-0.2, -0.15) is 0 Å². The molecule has 8 heavy (non-hydrogen) atoms. The molecule has 0 aromatic heterocycles. The van der Waals surface area contributed by atoms with Gasteiger partial charge in [-0.05, 0) is 14.0 Å². The molecule has 0 saturated carbocycles. The maximum absolute atomic E-state index is 10.5. The number of carbonyl (C=O) groups excluding carboxylic acids is 1.